The van der Waals surface area contributed by atoms with Crippen molar-refractivity contribution in [1.82, 2.24) is 20.4 Å². The van der Waals surface area contributed by atoms with E-state index in [-0.39, 0.29) is 11.8 Å². The summed E-state index contributed by atoms with van der Waals surface area (Å²) in [5.41, 5.74) is -1.00. The van der Waals surface area contributed by atoms with Crippen molar-refractivity contribution in [2.75, 3.05) is 40.3 Å². The maximum absolute atomic E-state index is 13.5. The molecule has 6 nitrogen and oxygen atoms in total. The number of unbranched alkanes of at least 4 members (excludes halogenated alkanes) is 12. The molecule has 0 bridgehead atoms. The van der Waals surface area contributed by atoms with E-state index in [2.05, 4.69) is 29.4 Å². The number of amides is 2. The first-order valence-corrected chi connectivity index (χ1v) is 13.8. The van der Waals surface area contributed by atoms with Crippen molar-refractivity contribution in [2.45, 2.75) is 123 Å². The highest BCUT2D eigenvalue weighted by Gasteiger charge is 2.41. The Morgan fingerprint density at radius 1 is 0.727 bits per heavy atom. The van der Waals surface area contributed by atoms with E-state index in [1.165, 1.54) is 84.0 Å². The fourth-order valence-corrected chi connectivity index (χ4v) is 4.44. The minimum atomic E-state index is -1.00. The van der Waals surface area contributed by atoms with Crippen molar-refractivity contribution in [3.8, 4) is 0 Å². The van der Waals surface area contributed by atoms with Crippen LogP contribution in [-0.2, 0) is 9.59 Å². The topological polar surface area (TPSA) is 64.7 Å². The lowest BCUT2D eigenvalue weighted by atomic mass is 10.0. The summed E-state index contributed by atoms with van der Waals surface area (Å²) >= 11 is 0. The lowest BCUT2D eigenvalue weighted by Crippen LogP contribution is -2.67. The van der Waals surface area contributed by atoms with E-state index in [4.69, 9.17) is 0 Å². The molecule has 0 rings (SSSR count). The SMILES string of the molecule is CCCCCCCCCN(CCCCCCCCC)C(C)(NC(C)=O)C(=O)N(C)CCNC. The zero-order valence-electron chi connectivity index (χ0n) is 22.9. The Morgan fingerprint density at radius 2 is 1.15 bits per heavy atom. The summed E-state index contributed by atoms with van der Waals surface area (Å²) in [6, 6.07) is 0. The van der Waals surface area contributed by atoms with E-state index in [9.17, 15) is 9.59 Å². The molecule has 0 fully saturated rings. The maximum Gasteiger partial charge on any atom is 0.263 e. The minimum Gasteiger partial charge on any atom is -0.341 e. The zero-order chi connectivity index (χ0) is 25.0. The van der Waals surface area contributed by atoms with Gasteiger partial charge in [-0.25, -0.2) is 0 Å². The Balaban J connectivity index is 5.12. The monoisotopic (exact) mass is 468 g/mol. The second kappa shape index (κ2) is 20.3. The van der Waals surface area contributed by atoms with Gasteiger partial charge >= 0.3 is 0 Å². The Kier molecular flexibility index (Phi) is 19.6. The third-order valence-electron chi connectivity index (χ3n) is 6.58. The first-order valence-electron chi connectivity index (χ1n) is 13.8. The van der Waals surface area contributed by atoms with Gasteiger partial charge in [-0.3, -0.25) is 14.5 Å². The smallest absolute Gasteiger partial charge is 0.263 e. The molecular formula is C27H56N4O2. The van der Waals surface area contributed by atoms with Crippen molar-refractivity contribution in [1.29, 1.82) is 0 Å². The maximum atomic E-state index is 13.5. The summed E-state index contributed by atoms with van der Waals surface area (Å²) in [6.07, 6.45) is 17.4. The molecule has 2 amide bonds. The molecule has 0 aliphatic carbocycles. The van der Waals surface area contributed by atoms with Gasteiger partial charge in [0.25, 0.3) is 5.91 Å². The number of carbonyl (C=O) groups is 2. The largest absolute Gasteiger partial charge is 0.341 e. The summed E-state index contributed by atoms with van der Waals surface area (Å²) in [5.74, 6) is -0.184. The second-order valence-corrected chi connectivity index (χ2v) is 9.81. The van der Waals surface area contributed by atoms with E-state index >= 15 is 0 Å². The number of hydrogen-bond donors (Lipinski definition) is 2. The van der Waals surface area contributed by atoms with Crippen molar-refractivity contribution in [2.24, 2.45) is 0 Å². The molecule has 1 unspecified atom stereocenters. The molecule has 0 aliphatic rings. The molecule has 0 radical (unpaired) electrons. The van der Waals surface area contributed by atoms with Crippen LogP contribution >= 0.6 is 0 Å². The van der Waals surface area contributed by atoms with E-state index in [0.29, 0.717) is 6.54 Å². The van der Waals surface area contributed by atoms with Gasteiger partial charge in [0.15, 0.2) is 5.66 Å². The molecule has 0 aromatic carbocycles. The summed E-state index contributed by atoms with van der Waals surface area (Å²) in [6.45, 7) is 10.9. The van der Waals surface area contributed by atoms with Crippen molar-refractivity contribution in [3.05, 3.63) is 0 Å². The van der Waals surface area contributed by atoms with Crippen LogP contribution in [0.15, 0.2) is 0 Å². The van der Waals surface area contributed by atoms with Crippen molar-refractivity contribution < 1.29 is 9.59 Å². The number of nitrogens with one attached hydrogen (secondary N) is 2. The molecule has 2 N–H and O–H groups in total. The van der Waals surface area contributed by atoms with Crippen LogP contribution in [0.4, 0.5) is 0 Å². The average molecular weight is 469 g/mol. The number of carbonyl (C=O) groups excluding carboxylic acids is 2. The fraction of sp³-hybridized carbons (Fsp3) is 0.926. The molecule has 0 saturated carbocycles. The highest BCUT2D eigenvalue weighted by atomic mass is 16.2. The lowest BCUT2D eigenvalue weighted by Gasteiger charge is -2.42. The summed E-state index contributed by atoms with van der Waals surface area (Å²) < 4.78 is 0. The van der Waals surface area contributed by atoms with Gasteiger partial charge in [0.05, 0.1) is 0 Å². The first kappa shape index (κ1) is 31.9. The van der Waals surface area contributed by atoms with Crippen LogP contribution in [0, 0.1) is 0 Å². The quantitative estimate of drug-likeness (QED) is 0.167. The van der Waals surface area contributed by atoms with Crippen molar-refractivity contribution in [3.63, 3.8) is 0 Å². The van der Waals surface area contributed by atoms with Gasteiger partial charge in [0.1, 0.15) is 0 Å². The Hall–Kier alpha value is -1.14. The third-order valence-corrected chi connectivity index (χ3v) is 6.58. The molecule has 0 aromatic heterocycles. The van der Waals surface area contributed by atoms with Crippen LogP contribution in [0.1, 0.15) is 118 Å². The van der Waals surface area contributed by atoms with Gasteiger partial charge in [-0.2, -0.15) is 0 Å². The van der Waals surface area contributed by atoms with E-state index in [1.54, 1.807) is 4.90 Å². The number of rotatable bonds is 22. The van der Waals surface area contributed by atoms with E-state index in [0.717, 1.165) is 32.5 Å². The number of likely N-dealkylation sites (N-methyl/N-ethyl adjacent to an activating group) is 2. The molecule has 196 valence electrons. The normalized spacial score (nSPS) is 13.2. The van der Waals surface area contributed by atoms with Gasteiger partial charge in [-0.1, -0.05) is 90.9 Å². The van der Waals surface area contributed by atoms with Crippen LogP contribution in [-0.4, -0.2) is 67.6 Å². The summed E-state index contributed by atoms with van der Waals surface area (Å²) in [4.78, 5) is 29.6. The van der Waals surface area contributed by atoms with E-state index in [1.807, 2.05) is 21.0 Å². The standard InChI is InChI=1S/C27H56N4O2/c1-7-9-11-13-15-17-19-22-31(23-20-18-16-14-12-10-8-2)27(4,29-25(3)32)26(33)30(6)24-21-28-5/h28H,7-24H2,1-6H3,(H,29,32). The fourth-order valence-electron chi connectivity index (χ4n) is 4.44. The Morgan fingerprint density at radius 3 is 1.55 bits per heavy atom. The molecular weight excluding hydrogens is 412 g/mol. The van der Waals surface area contributed by atoms with Crippen LogP contribution in [0.25, 0.3) is 0 Å². The van der Waals surface area contributed by atoms with Crippen LogP contribution in [0.3, 0.4) is 0 Å². The van der Waals surface area contributed by atoms with Gasteiger partial charge in [0.2, 0.25) is 5.91 Å². The van der Waals surface area contributed by atoms with Crippen molar-refractivity contribution >= 4 is 11.8 Å². The minimum absolute atomic E-state index is 0.0289. The molecule has 0 spiro atoms. The summed E-state index contributed by atoms with van der Waals surface area (Å²) in [7, 11) is 3.72. The highest BCUT2D eigenvalue weighted by Crippen LogP contribution is 2.19. The average Bonchev–Trinajstić information content (AvgIpc) is 2.78. The number of hydrogen-bond acceptors (Lipinski definition) is 4. The molecule has 0 heterocycles. The second-order valence-electron chi connectivity index (χ2n) is 9.81. The third kappa shape index (κ3) is 14.7. The highest BCUT2D eigenvalue weighted by molar-refractivity contribution is 5.90. The summed E-state index contributed by atoms with van der Waals surface area (Å²) in [5, 5.41) is 6.13. The molecule has 0 aromatic rings. The van der Waals surface area contributed by atoms with E-state index < -0.39 is 5.66 Å². The van der Waals surface area contributed by atoms with Gasteiger partial charge in [0, 0.05) is 40.2 Å². The number of nitrogens with zero attached hydrogens (tertiary/aromatic N) is 2. The molecule has 33 heavy (non-hydrogen) atoms. The predicted molar refractivity (Wildman–Crippen MR) is 141 cm³/mol. The van der Waals surface area contributed by atoms with Gasteiger partial charge in [-0.05, 0) is 26.8 Å². The molecule has 0 saturated heterocycles. The van der Waals surface area contributed by atoms with Crippen LogP contribution in [0.2, 0.25) is 0 Å². The molecule has 6 heteroatoms. The zero-order valence-corrected chi connectivity index (χ0v) is 22.9. The van der Waals surface area contributed by atoms with Crippen LogP contribution < -0.4 is 10.6 Å². The predicted octanol–water partition coefficient (Wildman–Crippen LogP) is 5.32. The molecule has 1 atom stereocenters. The van der Waals surface area contributed by atoms with Gasteiger partial charge in [-0.15, -0.1) is 0 Å². The molecule has 0 aliphatic heterocycles. The van der Waals surface area contributed by atoms with Gasteiger partial charge < -0.3 is 15.5 Å². The first-order chi connectivity index (χ1) is 15.8. The Bertz CT molecular complexity index is 483. The lowest BCUT2D eigenvalue weighted by molar-refractivity contribution is -0.148. The van der Waals surface area contributed by atoms with Crippen LogP contribution in [0.5, 0.6) is 0 Å². The Labute approximate surface area is 205 Å².